The number of nitrogens with one attached hydrogen (secondary N) is 1. The Kier molecular flexibility index (Phi) is 7.13. The lowest BCUT2D eigenvalue weighted by molar-refractivity contribution is 0.807. The van der Waals surface area contributed by atoms with Crippen LogP contribution in [0.5, 0.6) is 0 Å². The van der Waals surface area contributed by atoms with E-state index in [1.807, 2.05) is 20.9 Å². The summed E-state index contributed by atoms with van der Waals surface area (Å²) < 4.78 is 0. The van der Waals surface area contributed by atoms with Gasteiger partial charge in [-0.1, -0.05) is 52.0 Å². The normalized spacial score (nSPS) is 9.57. The van der Waals surface area contributed by atoms with Gasteiger partial charge in [-0.3, -0.25) is 0 Å². The molecule has 14 heavy (non-hydrogen) atoms. The van der Waals surface area contributed by atoms with Crippen LogP contribution in [-0.2, 0) is 6.54 Å². The molecule has 0 aliphatic heterocycles. The molecule has 1 aromatic carbocycles. The molecule has 1 aromatic rings. The van der Waals surface area contributed by atoms with Gasteiger partial charge in [0.1, 0.15) is 0 Å². The van der Waals surface area contributed by atoms with Crippen molar-refractivity contribution < 1.29 is 1.43 Å². The van der Waals surface area contributed by atoms with Crippen molar-refractivity contribution in [1.29, 1.82) is 0 Å². The van der Waals surface area contributed by atoms with Gasteiger partial charge in [0, 0.05) is 7.97 Å². The molecule has 0 unspecified atom stereocenters. The number of rotatable bonds is 3. The fraction of sp³-hybridized carbons (Fsp3) is 0.538. The minimum Gasteiger partial charge on any atom is -0.316 e. The van der Waals surface area contributed by atoms with E-state index in [2.05, 4.69) is 43.4 Å². The topological polar surface area (TPSA) is 12.0 Å². The molecular weight excluding hydrogens is 170 g/mol. The molecule has 0 atom stereocenters. The predicted octanol–water partition coefficient (Wildman–Crippen LogP) is 3.80. The van der Waals surface area contributed by atoms with E-state index in [9.17, 15) is 0 Å². The quantitative estimate of drug-likeness (QED) is 0.773. The van der Waals surface area contributed by atoms with Crippen molar-refractivity contribution in [3.8, 4) is 0 Å². The van der Waals surface area contributed by atoms with E-state index in [1.54, 1.807) is 0 Å². The molecule has 0 saturated heterocycles. The zero-order chi connectivity index (χ0) is 11.0. The van der Waals surface area contributed by atoms with E-state index in [-0.39, 0.29) is 1.43 Å². The maximum Gasteiger partial charge on any atom is 0.0202 e. The summed E-state index contributed by atoms with van der Waals surface area (Å²) in [7, 11) is 1.97. The van der Waals surface area contributed by atoms with Crippen LogP contribution in [0.4, 0.5) is 0 Å². The van der Waals surface area contributed by atoms with Crippen LogP contribution in [0.15, 0.2) is 24.3 Å². The first-order valence-corrected chi connectivity index (χ1v) is 5.47. The average molecular weight is 195 g/mol. The molecule has 0 spiro atoms. The van der Waals surface area contributed by atoms with Gasteiger partial charge in [-0.25, -0.2) is 0 Å². The summed E-state index contributed by atoms with van der Waals surface area (Å²) in [5.41, 5.74) is 2.78. The molecule has 0 radical (unpaired) electrons. The van der Waals surface area contributed by atoms with E-state index in [4.69, 9.17) is 0 Å². The molecule has 0 bridgehead atoms. The monoisotopic (exact) mass is 195 g/mol. The van der Waals surface area contributed by atoms with Gasteiger partial charge in [-0.15, -0.1) is 0 Å². The highest BCUT2D eigenvalue weighted by Crippen LogP contribution is 2.15. The van der Waals surface area contributed by atoms with Crippen molar-refractivity contribution in [2.75, 3.05) is 7.05 Å². The van der Waals surface area contributed by atoms with Crippen molar-refractivity contribution in [2.24, 2.45) is 0 Å². The van der Waals surface area contributed by atoms with Gasteiger partial charge in [0.15, 0.2) is 0 Å². The van der Waals surface area contributed by atoms with Crippen LogP contribution in [0.2, 0.25) is 0 Å². The minimum absolute atomic E-state index is 0. The zero-order valence-corrected chi connectivity index (χ0v) is 10.1. The Bertz CT molecular complexity index is 246. The minimum atomic E-state index is 0. The van der Waals surface area contributed by atoms with Crippen molar-refractivity contribution >= 4 is 0 Å². The van der Waals surface area contributed by atoms with Gasteiger partial charge < -0.3 is 5.32 Å². The molecule has 0 aromatic heterocycles. The predicted molar refractivity (Wildman–Crippen MR) is 66.8 cm³/mol. The molecule has 1 N–H and O–H groups in total. The van der Waals surface area contributed by atoms with Gasteiger partial charge in [0.05, 0.1) is 0 Å². The van der Waals surface area contributed by atoms with Crippen LogP contribution < -0.4 is 5.32 Å². The Morgan fingerprint density at radius 2 is 1.93 bits per heavy atom. The Hall–Kier alpha value is -0.820. The highest BCUT2D eigenvalue weighted by molar-refractivity contribution is 5.25. The number of hydrogen-bond acceptors (Lipinski definition) is 1. The maximum atomic E-state index is 3.15. The molecule has 0 aliphatic carbocycles. The van der Waals surface area contributed by atoms with Crippen LogP contribution in [-0.4, -0.2) is 7.05 Å². The summed E-state index contributed by atoms with van der Waals surface area (Å²) in [6.07, 6.45) is 0. The van der Waals surface area contributed by atoms with Crippen LogP contribution in [0.3, 0.4) is 0 Å². The number of benzene rings is 1. The Morgan fingerprint density at radius 3 is 2.43 bits per heavy atom. The molecule has 1 nitrogen and oxygen atoms in total. The van der Waals surface area contributed by atoms with Crippen LogP contribution >= 0.6 is 0 Å². The molecular formula is C13H25N. The van der Waals surface area contributed by atoms with Crippen molar-refractivity contribution in [2.45, 2.75) is 40.2 Å². The second-order valence-corrected chi connectivity index (χ2v) is 3.43. The number of hydrogen-bond donors (Lipinski definition) is 1. The highest BCUT2D eigenvalue weighted by Gasteiger charge is 1.98. The molecule has 0 aliphatic rings. The Labute approximate surface area is 90.0 Å². The van der Waals surface area contributed by atoms with Crippen LogP contribution in [0, 0.1) is 0 Å². The largest absolute Gasteiger partial charge is 0.316 e. The Morgan fingerprint density at radius 1 is 1.29 bits per heavy atom. The first-order valence-electron chi connectivity index (χ1n) is 5.47. The third-order valence-electron chi connectivity index (χ3n) is 2.00. The molecule has 0 fully saturated rings. The van der Waals surface area contributed by atoms with Crippen molar-refractivity contribution in [3.05, 3.63) is 35.4 Å². The third kappa shape index (κ3) is 4.43. The summed E-state index contributed by atoms with van der Waals surface area (Å²) in [5, 5.41) is 3.15. The van der Waals surface area contributed by atoms with E-state index >= 15 is 0 Å². The second kappa shape index (κ2) is 7.57. The first kappa shape index (κ1) is 13.2. The zero-order valence-electron chi connectivity index (χ0n) is 10.1. The molecule has 0 amide bonds. The smallest absolute Gasteiger partial charge is 0.0202 e. The molecule has 82 valence electrons. The van der Waals surface area contributed by atoms with E-state index < -0.39 is 0 Å². The fourth-order valence-corrected chi connectivity index (χ4v) is 1.27. The van der Waals surface area contributed by atoms with Crippen LogP contribution in [0.1, 0.15) is 46.2 Å². The lowest BCUT2D eigenvalue weighted by Crippen LogP contribution is -2.05. The average Bonchev–Trinajstić information content (AvgIpc) is 2.22. The highest BCUT2D eigenvalue weighted by atomic mass is 14.8. The maximum absolute atomic E-state index is 3.15. The Balaban J connectivity index is 0. The molecule has 0 saturated carbocycles. The van der Waals surface area contributed by atoms with Gasteiger partial charge in [-0.05, 0) is 24.1 Å². The molecule has 1 heteroatoms. The third-order valence-corrected chi connectivity index (χ3v) is 2.00. The fourth-order valence-electron chi connectivity index (χ4n) is 1.27. The van der Waals surface area contributed by atoms with Gasteiger partial charge in [0.2, 0.25) is 0 Å². The lowest BCUT2D eigenvalue weighted by atomic mass is 10.0. The summed E-state index contributed by atoms with van der Waals surface area (Å²) in [6, 6.07) is 8.73. The summed E-state index contributed by atoms with van der Waals surface area (Å²) >= 11 is 0. The van der Waals surface area contributed by atoms with Gasteiger partial charge in [0.25, 0.3) is 0 Å². The standard InChI is InChI=1S/C11H17N.C2H6.H2/c1-9(2)11-6-4-5-10(7-11)8-12-3;1-2;/h4-7,9,12H,8H2,1-3H3;1-2H3;1H. The van der Waals surface area contributed by atoms with Gasteiger partial charge >= 0.3 is 0 Å². The summed E-state index contributed by atoms with van der Waals surface area (Å²) in [6.45, 7) is 9.40. The van der Waals surface area contributed by atoms with Crippen molar-refractivity contribution in [1.82, 2.24) is 5.32 Å². The van der Waals surface area contributed by atoms with E-state index in [0.29, 0.717) is 5.92 Å². The summed E-state index contributed by atoms with van der Waals surface area (Å²) in [5.74, 6) is 0.627. The summed E-state index contributed by atoms with van der Waals surface area (Å²) in [4.78, 5) is 0. The first-order chi connectivity index (χ1) is 6.74. The molecule has 1 rings (SSSR count). The van der Waals surface area contributed by atoms with E-state index in [0.717, 1.165) is 6.54 Å². The van der Waals surface area contributed by atoms with Crippen LogP contribution in [0.25, 0.3) is 0 Å². The lowest BCUT2D eigenvalue weighted by Gasteiger charge is -2.07. The van der Waals surface area contributed by atoms with E-state index in [1.165, 1.54) is 11.1 Å². The van der Waals surface area contributed by atoms with Gasteiger partial charge in [-0.2, -0.15) is 0 Å². The SMILES string of the molecule is CC.CNCc1cccc(C(C)C)c1.[HH]. The second-order valence-electron chi connectivity index (χ2n) is 3.43. The molecule has 0 heterocycles. The van der Waals surface area contributed by atoms with Crippen molar-refractivity contribution in [3.63, 3.8) is 0 Å².